The second-order valence-electron chi connectivity index (χ2n) is 6.47. The molecule has 2 amide bonds. The molecule has 0 aliphatic carbocycles. The highest BCUT2D eigenvalue weighted by molar-refractivity contribution is 5.96. The van der Waals surface area contributed by atoms with E-state index in [0.717, 1.165) is 23.2 Å². The van der Waals surface area contributed by atoms with Crippen molar-refractivity contribution in [2.75, 3.05) is 16.8 Å². The monoisotopic (exact) mass is 340 g/mol. The van der Waals surface area contributed by atoms with Crippen LogP contribution in [0.5, 0.6) is 0 Å². The number of nitrogens with zero attached hydrogens (tertiary/aromatic N) is 1. The van der Waals surface area contributed by atoms with Gasteiger partial charge in [0.15, 0.2) is 0 Å². The smallest absolute Gasteiger partial charge is 0.224 e. The van der Waals surface area contributed by atoms with E-state index in [2.05, 4.69) is 5.32 Å². The summed E-state index contributed by atoms with van der Waals surface area (Å²) in [5.41, 5.74) is 3.60. The van der Waals surface area contributed by atoms with Crippen LogP contribution in [0.4, 0.5) is 15.8 Å². The van der Waals surface area contributed by atoms with Crippen molar-refractivity contribution >= 4 is 23.2 Å². The molecule has 0 fully saturated rings. The topological polar surface area (TPSA) is 49.4 Å². The average molecular weight is 340 g/mol. The minimum atomic E-state index is -0.284. The van der Waals surface area contributed by atoms with Gasteiger partial charge in [0.1, 0.15) is 5.82 Å². The molecule has 0 aromatic heterocycles. The van der Waals surface area contributed by atoms with Gasteiger partial charge in [0.2, 0.25) is 11.8 Å². The predicted octanol–water partition coefficient (Wildman–Crippen LogP) is 3.87. The molecule has 2 aromatic carbocycles. The normalized spacial score (nSPS) is 14.1. The van der Waals surface area contributed by atoms with Gasteiger partial charge in [-0.3, -0.25) is 9.59 Å². The Kier molecular flexibility index (Phi) is 4.83. The Morgan fingerprint density at radius 1 is 1.20 bits per heavy atom. The molecule has 130 valence electrons. The van der Waals surface area contributed by atoms with Crippen molar-refractivity contribution in [2.24, 2.45) is 0 Å². The van der Waals surface area contributed by atoms with Gasteiger partial charge < -0.3 is 10.2 Å². The van der Waals surface area contributed by atoms with Gasteiger partial charge in [0, 0.05) is 31.3 Å². The van der Waals surface area contributed by atoms with E-state index in [4.69, 9.17) is 0 Å². The first-order valence-corrected chi connectivity index (χ1v) is 8.40. The number of hydrogen-bond donors (Lipinski definition) is 1. The van der Waals surface area contributed by atoms with E-state index in [0.29, 0.717) is 18.7 Å². The number of halogens is 1. The highest BCUT2D eigenvalue weighted by Gasteiger charge is 2.22. The van der Waals surface area contributed by atoms with E-state index in [1.165, 1.54) is 12.1 Å². The fraction of sp³-hybridized carbons (Fsp3) is 0.300. The fourth-order valence-corrected chi connectivity index (χ4v) is 3.18. The summed E-state index contributed by atoms with van der Waals surface area (Å²) >= 11 is 0. The van der Waals surface area contributed by atoms with Crippen LogP contribution in [-0.4, -0.2) is 18.4 Å². The number of carbonyl (C=O) groups excluding carboxylic acids is 2. The van der Waals surface area contributed by atoms with Gasteiger partial charge in [0.05, 0.1) is 0 Å². The molecule has 25 heavy (non-hydrogen) atoms. The van der Waals surface area contributed by atoms with Gasteiger partial charge >= 0.3 is 0 Å². The first-order valence-electron chi connectivity index (χ1n) is 8.40. The maximum absolute atomic E-state index is 13.0. The largest absolute Gasteiger partial charge is 0.326 e. The lowest BCUT2D eigenvalue weighted by Gasteiger charge is -2.16. The second kappa shape index (κ2) is 7.05. The minimum absolute atomic E-state index is 0.00663. The molecule has 1 aliphatic rings. The molecular formula is C20H21FN2O2. The van der Waals surface area contributed by atoms with Gasteiger partial charge in [-0.15, -0.1) is 0 Å². The summed E-state index contributed by atoms with van der Waals surface area (Å²) in [6, 6.07) is 11.9. The molecule has 4 nitrogen and oxygen atoms in total. The standard InChI is InChI=1S/C20H21FN2O2/c1-13(15-3-6-17(21)7-4-15)11-20(25)22-18-8-5-16-9-10-23(14(2)24)19(16)12-18/h3-8,12-13H,9-11H2,1-2H3,(H,22,25). The molecule has 0 bridgehead atoms. The van der Waals surface area contributed by atoms with Gasteiger partial charge in [-0.05, 0) is 47.7 Å². The molecule has 1 aliphatic heterocycles. The molecular weight excluding hydrogens is 319 g/mol. The summed E-state index contributed by atoms with van der Waals surface area (Å²) in [5.74, 6) is -0.395. The Labute approximate surface area is 146 Å². The van der Waals surface area contributed by atoms with Crippen LogP contribution in [0.25, 0.3) is 0 Å². The lowest BCUT2D eigenvalue weighted by Crippen LogP contribution is -2.25. The van der Waals surface area contributed by atoms with Crippen molar-refractivity contribution in [3.8, 4) is 0 Å². The number of benzene rings is 2. The summed E-state index contributed by atoms with van der Waals surface area (Å²) < 4.78 is 13.0. The zero-order chi connectivity index (χ0) is 18.0. The lowest BCUT2D eigenvalue weighted by atomic mass is 9.97. The van der Waals surface area contributed by atoms with Crippen molar-refractivity contribution in [1.82, 2.24) is 0 Å². The van der Waals surface area contributed by atoms with Crippen molar-refractivity contribution in [2.45, 2.75) is 32.6 Å². The number of anilines is 2. The third-order valence-corrected chi connectivity index (χ3v) is 4.58. The Morgan fingerprint density at radius 3 is 2.60 bits per heavy atom. The molecule has 5 heteroatoms. The van der Waals surface area contributed by atoms with Crippen LogP contribution in [0.1, 0.15) is 37.3 Å². The summed E-state index contributed by atoms with van der Waals surface area (Å²) in [6.45, 7) is 4.17. The van der Waals surface area contributed by atoms with E-state index in [9.17, 15) is 14.0 Å². The zero-order valence-electron chi connectivity index (χ0n) is 14.4. The second-order valence-corrected chi connectivity index (χ2v) is 6.47. The Bertz CT molecular complexity index is 802. The zero-order valence-corrected chi connectivity index (χ0v) is 14.4. The number of nitrogens with one attached hydrogen (secondary N) is 1. The average Bonchev–Trinajstić information content (AvgIpc) is 2.98. The van der Waals surface area contributed by atoms with Crippen molar-refractivity contribution in [1.29, 1.82) is 0 Å². The van der Waals surface area contributed by atoms with Gasteiger partial charge in [-0.1, -0.05) is 25.1 Å². The molecule has 1 atom stereocenters. The van der Waals surface area contributed by atoms with Crippen molar-refractivity contribution < 1.29 is 14.0 Å². The first-order chi connectivity index (χ1) is 11.9. The van der Waals surface area contributed by atoms with E-state index < -0.39 is 0 Å². The Hall–Kier alpha value is -2.69. The summed E-state index contributed by atoms with van der Waals surface area (Å²) in [6.07, 6.45) is 1.14. The SMILES string of the molecule is CC(=O)N1CCc2ccc(NC(=O)CC(C)c3ccc(F)cc3)cc21. The molecule has 0 radical (unpaired) electrons. The first kappa shape index (κ1) is 17.1. The molecule has 3 rings (SSSR count). The minimum Gasteiger partial charge on any atom is -0.326 e. The molecule has 1 heterocycles. The third kappa shape index (κ3) is 3.87. The predicted molar refractivity (Wildman–Crippen MR) is 96.2 cm³/mol. The highest BCUT2D eigenvalue weighted by Crippen LogP contribution is 2.31. The number of fused-ring (bicyclic) bond motifs is 1. The maximum Gasteiger partial charge on any atom is 0.224 e. The molecule has 0 spiro atoms. The van der Waals surface area contributed by atoms with Crippen LogP contribution in [0.15, 0.2) is 42.5 Å². The summed E-state index contributed by atoms with van der Waals surface area (Å²) in [4.78, 5) is 25.7. The molecule has 2 aromatic rings. The quantitative estimate of drug-likeness (QED) is 0.918. The van der Waals surface area contributed by atoms with Gasteiger partial charge in [-0.25, -0.2) is 4.39 Å². The van der Waals surface area contributed by atoms with Crippen molar-refractivity contribution in [3.63, 3.8) is 0 Å². The summed E-state index contributed by atoms with van der Waals surface area (Å²) in [7, 11) is 0. The van der Waals surface area contributed by atoms with Crippen LogP contribution in [0.2, 0.25) is 0 Å². The van der Waals surface area contributed by atoms with Crippen LogP contribution in [-0.2, 0) is 16.0 Å². The Morgan fingerprint density at radius 2 is 1.92 bits per heavy atom. The highest BCUT2D eigenvalue weighted by atomic mass is 19.1. The lowest BCUT2D eigenvalue weighted by molar-refractivity contribution is -0.117. The van der Waals surface area contributed by atoms with E-state index in [1.807, 2.05) is 25.1 Å². The van der Waals surface area contributed by atoms with Crippen LogP contribution in [0, 0.1) is 5.82 Å². The number of carbonyl (C=O) groups is 2. The Balaban J connectivity index is 1.66. The molecule has 1 N–H and O–H groups in total. The van der Waals surface area contributed by atoms with Crippen LogP contribution >= 0.6 is 0 Å². The summed E-state index contributed by atoms with van der Waals surface area (Å²) in [5, 5.41) is 2.89. The van der Waals surface area contributed by atoms with Crippen LogP contribution in [0.3, 0.4) is 0 Å². The van der Waals surface area contributed by atoms with Gasteiger partial charge in [0.25, 0.3) is 0 Å². The van der Waals surface area contributed by atoms with E-state index >= 15 is 0 Å². The number of amides is 2. The molecule has 0 saturated heterocycles. The van der Waals surface area contributed by atoms with Gasteiger partial charge in [-0.2, -0.15) is 0 Å². The number of rotatable bonds is 4. The van der Waals surface area contributed by atoms with Crippen LogP contribution < -0.4 is 10.2 Å². The van der Waals surface area contributed by atoms with E-state index in [1.54, 1.807) is 24.0 Å². The molecule has 0 saturated carbocycles. The van der Waals surface area contributed by atoms with E-state index in [-0.39, 0.29) is 23.5 Å². The number of hydrogen-bond acceptors (Lipinski definition) is 2. The molecule has 1 unspecified atom stereocenters. The maximum atomic E-state index is 13.0. The van der Waals surface area contributed by atoms with Crippen molar-refractivity contribution in [3.05, 3.63) is 59.4 Å². The fourth-order valence-electron chi connectivity index (χ4n) is 3.18. The third-order valence-electron chi connectivity index (χ3n) is 4.58.